The second kappa shape index (κ2) is 23.6. The summed E-state index contributed by atoms with van der Waals surface area (Å²) in [4.78, 5) is 139. The predicted molar refractivity (Wildman–Crippen MR) is 197 cm³/mol. The zero-order chi connectivity index (χ0) is 42.9. The molecule has 1 fully saturated rings. The standard InChI is InChI=1S/C34H53N7O14S/c1-7-8-19(28(49)33(54)35-13-25(47)48)37-31(52)22-14-56-15-41(22)34(55)27(17(4)5)40-32(53)26(16(2)3)39-30(51)21(10-12-24(45)46)38-29(50)20(36-18(6)42)9-11-23(43)44/h16-17,19-22,26-27H,7-15H2,1-6H3,(H,35,54)(H,36,42)(H,37,52)(H,38,50)(H,39,51)(H,40,53)(H,43,44)(H,45,46)(H,47,48)/t19?,20-,21-,22-,26-,27-/m0/s1. The van der Waals surface area contributed by atoms with Crippen LogP contribution in [0, 0.1) is 11.8 Å². The molecule has 22 heteroatoms. The molecule has 56 heavy (non-hydrogen) atoms. The van der Waals surface area contributed by atoms with E-state index >= 15 is 0 Å². The third-order valence-electron chi connectivity index (χ3n) is 8.40. The highest BCUT2D eigenvalue weighted by atomic mass is 32.2. The van der Waals surface area contributed by atoms with Crippen LogP contribution in [0.3, 0.4) is 0 Å². The second-order valence-electron chi connectivity index (χ2n) is 13.8. The molecule has 314 valence electrons. The minimum atomic E-state index is -1.54. The zero-order valence-corrected chi connectivity index (χ0v) is 33.0. The summed E-state index contributed by atoms with van der Waals surface area (Å²) in [6, 6.07) is -7.90. The van der Waals surface area contributed by atoms with Gasteiger partial charge in [0.2, 0.25) is 41.2 Å². The maximum absolute atomic E-state index is 13.9. The van der Waals surface area contributed by atoms with Gasteiger partial charge >= 0.3 is 17.9 Å². The van der Waals surface area contributed by atoms with Gasteiger partial charge in [-0.25, -0.2) is 0 Å². The molecule has 0 aromatic heterocycles. The van der Waals surface area contributed by atoms with Crippen LogP contribution in [0.1, 0.15) is 80.1 Å². The van der Waals surface area contributed by atoms with E-state index in [9.17, 15) is 57.8 Å². The normalized spacial score (nSPS) is 16.4. The van der Waals surface area contributed by atoms with Gasteiger partial charge in [0, 0.05) is 25.5 Å². The van der Waals surface area contributed by atoms with Crippen LogP contribution in [0.2, 0.25) is 0 Å². The van der Waals surface area contributed by atoms with Gasteiger partial charge in [-0.3, -0.25) is 52.7 Å². The van der Waals surface area contributed by atoms with Crippen LogP contribution in [-0.2, 0) is 52.7 Å². The van der Waals surface area contributed by atoms with Gasteiger partial charge in [0.15, 0.2) is 0 Å². The fraction of sp³-hybridized carbons (Fsp3) is 0.676. The van der Waals surface area contributed by atoms with Crippen LogP contribution in [-0.4, -0.2) is 140 Å². The van der Waals surface area contributed by atoms with E-state index in [1.54, 1.807) is 34.6 Å². The Morgan fingerprint density at radius 2 is 1.18 bits per heavy atom. The number of aliphatic carboxylic acids is 3. The molecule has 6 atom stereocenters. The Bertz CT molecular complexity index is 1510. The Balaban J connectivity index is 3.22. The van der Waals surface area contributed by atoms with E-state index < -0.39 is 139 Å². The smallest absolute Gasteiger partial charge is 0.322 e. The molecule has 1 saturated heterocycles. The van der Waals surface area contributed by atoms with Gasteiger partial charge < -0.3 is 52.1 Å². The van der Waals surface area contributed by atoms with Gasteiger partial charge in [-0.15, -0.1) is 11.8 Å². The number of thioether (sulfide) groups is 1. The second-order valence-corrected chi connectivity index (χ2v) is 14.8. The Hall–Kier alpha value is -5.28. The minimum absolute atomic E-state index is 0.0305. The summed E-state index contributed by atoms with van der Waals surface area (Å²) < 4.78 is 0. The van der Waals surface area contributed by atoms with E-state index in [1.165, 1.54) is 16.7 Å². The molecule has 0 radical (unpaired) electrons. The summed E-state index contributed by atoms with van der Waals surface area (Å²) in [6.45, 7) is 8.40. The molecule has 0 aromatic carbocycles. The first-order valence-electron chi connectivity index (χ1n) is 17.9. The topological polar surface area (TPSA) is 324 Å². The molecule has 1 unspecified atom stereocenters. The third-order valence-corrected chi connectivity index (χ3v) is 9.41. The fourth-order valence-corrected chi connectivity index (χ4v) is 6.58. The average molecular weight is 816 g/mol. The van der Waals surface area contributed by atoms with Crippen molar-refractivity contribution < 1.29 is 68.1 Å². The molecule has 1 aliphatic rings. The van der Waals surface area contributed by atoms with Crippen molar-refractivity contribution in [1.29, 1.82) is 0 Å². The summed E-state index contributed by atoms with van der Waals surface area (Å²) >= 11 is 1.22. The number of carbonyl (C=O) groups is 11. The van der Waals surface area contributed by atoms with Crippen molar-refractivity contribution in [2.45, 2.75) is 116 Å². The highest BCUT2D eigenvalue weighted by Crippen LogP contribution is 2.24. The lowest BCUT2D eigenvalue weighted by Crippen LogP contribution is -2.61. The quantitative estimate of drug-likeness (QED) is 0.0474. The molecule has 0 aromatic rings. The monoisotopic (exact) mass is 815 g/mol. The number of nitrogens with one attached hydrogen (secondary N) is 6. The molecule has 9 N–H and O–H groups in total. The molecular formula is C34H53N7O14S. The average Bonchev–Trinajstić information content (AvgIpc) is 3.60. The van der Waals surface area contributed by atoms with Crippen molar-refractivity contribution in [2.75, 3.05) is 18.2 Å². The molecule has 1 heterocycles. The van der Waals surface area contributed by atoms with Crippen molar-refractivity contribution in [1.82, 2.24) is 36.8 Å². The van der Waals surface area contributed by atoms with Crippen LogP contribution in [0.25, 0.3) is 0 Å². The Labute approximate surface area is 327 Å². The number of Topliss-reactive ketones (excluding diaryl/α,β-unsaturated/α-hetero) is 1. The lowest BCUT2D eigenvalue weighted by molar-refractivity contribution is -0.144. The fourth-order valence-electron chi connectivity index (χ4n) is 5.42. The molecule has 0 spiro atoms. The molecule has 0 aliphatic carbocycles. The van der Waals surface area contributed by atoms with E-state index in [-0.39, 0.29) is 24.5 Å². The first-order chi connectivity index (χ1) is 26.1. The first-order valence-corrected chi connectivity index (χ1v) is 19.1. The van der Waals surface area contributed by atoms with Gasteiger partial charge in [-0.1, -0.05) is 41.0 Å². The molecule has 0 bridgehead atoms. The van der Waals surface area contributed by atoms with Crippen molar-refractivity contribution in [3.63, 3.8) is 0 Å². The Kier molecular flexibility index (Phi) is 20.5. The van der Waals surface area contributed by atoms with Crippen molar-refractivity contribution in [3.05, 3.63) is 0 Å². The molecule has 21 nitrogen and oxygen atoms in total. The molecule has 7 amide bonds. The van der Waals surface area contributed by atoms with Gasteiger partial charge in [-0.2, -0.15) is 0 Å². The predicted octanol–water partition coefficient (Wildman–Crippen LogP) is -2.06. The molecular weight excluding hydrogens is 762 g/mol. The highest BCUT2D eigenvalue weighted by molar-refractivity contribution is 7.99. The number of carboxylic acid groups (broad SMARTS) is 3. The summed E-state index contributed by atoms with van der Waals surface area (Å²) in [5.74, 6) is -12.1. The summed E-state index contributed by atoms with van der Waals surface area (Å²) in [6.07, 6.45) is -1.45. The SMILES string of the molecule is CCCC(NC(=O)[C@@H]1CSCN1C(=O)[C@@H](NC(=O)[C@@H](NC(=O)[C@H](CCC(=O)O)NC(=O)[C@H](CCC(=O)O)NC(C)=O)C(C)C)C(C)C)C(=O)C(=O)NCC(=O)O. The Morgan fingerprint density at radius 1 is 0.661 bits per heavy atom. The van der Waals surface area contributed by atoms with Crippen LogP contribution < -0.4 is 31.9 Å². The van der Waals surface area contributed by atoms with Gasteiger partial charge in [0.1, 0.15) is 36.8 Å². The summed E-state index contributed by atoms with van der Waals surface area (Å²) in [5.41, 5.74) is 0. The summed E-state index contributed by atoms with van der Waals surface area (Å²) in [5, 5.41) is 41.3. The first kappa shape index (κ1) is 48.7. The number of ketones is 1. The number of nitrogens with zero attached hydrogens (tertiary/aromatic N) is 1. The van der Waals surface area contributed by atoms with E-state index in [2.05, 4.69) is 26.6 Å². The van der Waals surface area contributed by atoms with Gasteiger partial charge in [0.25, 0.3) is 5.91 Å². The maximum Gasteiger partial charge on any atom is 0.322 e. The van der Waals surface area contributed by atoms with Crippen molar-refractivity contribution in [2.24, 2.45) is 11.8 Å². The van der Waals surface area contributed by atoms with E-state index in [0.29, 0.717) is 6.42 Å². The number of hydrogen-bond acceptors (Lipinski definition) is 12. The number of carboxylic acids is 3. The largest absolute Gasteiger partial charge is 0.481 e. The molecule has 1 aliphatic heterocycles. The van der Waals surface area contributed by atoms with Crippen molar-refractivity contribution in [3.8, 4) is 0 Å². The van der Waals surface area contributed by atoms with E-state index in [4.69, 9.17) is 10.2 Å². The van der Waals surface area contributed by atoms with Crippen LogP contribution in [0.15, 0.2) is 0 Å². The minimum Gasteiger partial charge on any atom is -0.481 e. The summed E-state index contributed by atoms with van der Waals surface area (Å²) in [7, 11) is 0. The number of hydrogen-bond donors (Lipinski definition) is 9. The van der Waals surface area contributed by atoms with E-state index in [0.717, 1.165) is 6.92 Å². The highest BCUT2D eigenvalue weighted by Gasteiger charge is 2.41. The van der Waals surface area contributed by atoms with Crippen molar-refractivity contribution >= 4 is 76.8 Å². The third kappa shape index (κ3) is 16.2. The lowest BCUT2D eigenvalue weighted by Gasteiger charge is -2.32. The van der Waals surface area contributed by atoms with Crippen LogP contribution in [0.5, 0.6) is 0 Å². The molecule has 0 saturated carbocycles. The van der Waals surface area contributed by atoms with E-state index in [1.807, 2.05) is 5.32 Å². The molecule has 1 rings (SSSR count). The lowest BCUT2D eigenvalue weighted by atomic mass is 9.98. The Morgan fingerprint density at radius 3 is 1.66 bits per heavy atom. The number of amides is 7. The van der Waals surface area contributed by atoms with Gasteiger partial charge in [-0.05, 0) is 31.1 Å². The van der Waals surface area contributed by atoms with Crippen LogP contribution in [0.4, 0.5) is 0 Å². The van der Waals surface area contributed by atoms with Crippen LogP contribution >= 0.6 is 11.8 Å². The zero-order valence-electron chi connectivity index (χ0n) is 32.2. The van der Waals surface area contributed by atoms with Gasteiger partial charge in [0.05, 0.1) is 11.9 Å². The number of carbonyl (C=O) groups excluding carboxylic acids is 8. The number of rotatable bonds is 24. The maximum atomic E-state index is 13.9.